The van der Waals surface area contributed by atoms with Gasteiger partial charge in [0.2, 0.25) is 0 Å². The fraction of sp³-hybridized carbons (Fsp3) is 0.333. The van der Waals surface area contributed by atoms with E-state index >= 15 is 0 Å². The van der Waals surface area contributed by atoms with E-state index in [0.717, 1.165) is 18.2 Å². The van der Waals surface area contributed by atoms with Gasteiger partial charge in [-0.05, 0) is 19.4 Å². The third-order valence-electron chi connectivity index (χ3n) is 2.77. The Morgan fingerprint density at radius 1 is 1.29 bits per heavy atom. The van der Waals surface area contributed by atoms with Crippen LogP contribution in [0.4, 0.5) is 0 Å². The van der Waals surface area contributed by atoms with E-state index in [0.29, 0.717) is 13.1 Å². The summed E-state index contributed by atoms with van der Waals surface area (Å²) in [6.07, 6.45) is 1.56. The van der Waals surface area contributed by atoms with Crippen LogP contribution in [-0.2, 0) is 13.1 Å². The van der Waals surface area contributed by atoms with Crippen molar-refractivity contribution < 1.29 is 4.52 Å². The van der Waals surface area contributed by atoms with Crippen molar-refractivity contribution in [2.75, 3.05) is 6.54 Å². The molecule has 1 aromatic carbocycles. The zero-order chi connectivity index (χ0) is 14.2. The Kier molecular flexibility index (Phi) is 7.81. The van der Waals surface area contributed by atoms with E-state index < -0.39 is 0 Å². The van der Waals surface area contributed by atoms with E-state index in [2.05, 4.69) is 52.0 Å². The maximum Gasteiger partial charge on any atom is 0.191 e. The van der Waals surface area contributed by atoms with E-state index in [9.17, 15) is 0 Å². The van der Waals surface area contributed by atoms with Crippen LogP contribution >= 0.6 is 24.0 Å². The van der Waals surface area contributed by atoms with Crippen LogP contribution in [0.5, 0.6) is 0 Å². The van der Waals surface area contributed by atoms with Gasteiger partial charge in [0.15, 0.2) is 5.96 Å². The Morgan fingerprint density at radius 2 is 2.14 bits per heavy atom. The van der Waals surface area contributed by atoms with Crippen LogP contribution < -0.4 is 10.6 Å². The van der Waals surface area contributed by atoms with Crippen molar-refractivity contribution in [3.63, 3.8) is 0 Å². The van der Waals surface area contributed by atoms with Gasteiger partial charge >= 0.3 is 0 Å². The van der Waals surface area contributed by atoms with E-state index in [1.807, 2.05) is 13.0 Å². The van der Waals surface area contributed by atoms with Crippen LogP contribution in [0.15, 0.2) is 46.1 Å². The predicted octanol–water partition coefficient (Wildman–Crippen LogP) is 2.86. The molecule has 2 N–H and O–H groups in total. The molecule has 0 saturated heterocycles. The standard InChI is InChI=1S/C15H20N4O.HI/c1-3-16-15(18-11-14-7-8-20-19-14)17-10-13-6-4-5-12(2)9-13;/h4-9H,3,10-11H2,1-2H3,(H2,16,17,18);1H. The number of benzene rings is 1. The molecule has 0 spiro atoms. The van der Waals surface area contributed by atoms with Gasteiger partial charge in [-0.15, -0.1) is 24.0 Å². The first-order chi connectivity index (χ1) is 9.78. The maximum absolute atomic E-state index is 4.80. The Bertz CT molecular complexity index is 555. The number of guanidine groups is 1. The Balaban J connectivity index is 0.00000220. The molecule has 0 aliphatic carbocycles. The molecule has 1 aromatic heterocycles. The number of rotatable bonds is 5. The minimum Gasteiger partial charge on any atom is -0.364 e. The molecular formula is C15H21IN4O. The largest absolute Gasteiger partial charge is 0.364 e. The first kappa shape index (κ1) is 17.5. The summed E-state index contributed by atoms with van der Waals surface area (Å²) in [5.41, 5.74) is 3.30. The lowest BCUT2D eigenvalue weighted by Crippen LogP contribution is -2.36. The monoisotopic (exact) mass is 400 g/mol. The number of aryl methyl sites for hydroxylation is 1. The molecule has 21 heavy (non-hydrogen) atoms. The number of aliphatic imine (C=N–C) groups is 1. The van der Waals surface area contributed by atoms with Gasteiger partial charge in [-0.3, -0.25) is 0 Å². The van der Waals surface area contributed by atoms with Gasteiger partial charge < -0.3 is 15.2 Å². The van der Waals surface area contributed by atoms with Crippen molar-refractivity contribution >= 4 is 29.9 Å². The van der Waals surface area contributed by atoms with Crippen molar-refractivity contribution in [1.29, 1.82) is 0 Å². The highest BCUT2D eigenvalue weighted by molar-refractivity contribution is 14.0. The van der Waals surface area contributed by atoms with Crippen LogP contribution in [-0.4, -0.2) is 17.7 Å². The summed E-state index contributed by atoms with van der Waals surface area (Å²) in [5.74, 6) is 0.775. The SMILES string of the molecule is CCNC(=NCc1cccc(C)c1)NCc1ccon1.I. The fourth-order valence-corrected chi connectivity index (χ4v) is 1.83. The lowest BCUT2D eigenvalue weighted by Gasteiger charge is -2.10. The summed E-state index contributed by atoms with van der Waals surface area (Å²) in [6, 6.07) is 10.2. The molecule has 0 saturated carbocycles. The molecule has 0 unspecified atom stereocenters. The lowest BCUT2D eigenvalue weighted by molar-refractivity contribution is 0.410. The number of hydrogen-bond acceptors (Lipinski definition) is 3. The zero-order valence-corrected chi connectivity index (χ0v) is 14.6. The molecule has 0 radical (unpaired) electrons. The highest BCUT2D eigenvalue weighted by atomic mass is 127. The average Bonchev–Trinajstić information content (AvgIpc) is 2.95. The summed E-state index contributed by atoms with van der Waals surface area (Å²) >= 11 is 0. The van der Waals surface area contributed by atoms with E-state index in [-0.39, 0.29) is 24.0 Å². The second-order valence-electron chi connectivity index (χ2n) is 4.53. The molecule has 1 heterocycles. The van der Waals surface area contributed by atoms with Crippen molar-refractivity contribution in [3.05, 3.63) is 53.4 Å². The molecule has 6 heteroatoms. The van der Waals surface area contributed by atoms with Crippen molar-refractivity contribution in [2.45, 2.75) is 26.9 Å². The molecular weight excluding hydrogens is 379 g/mol. The maximum atomic E-state index is 4.80. The quantitative estimate of drug-likeness (QED) is 0.461. The van der Waals surface area contributed by atoms with Crippen LogP contribution in [0.3, 0.4) is 0 Å². The Hall–Kier alpha value is -1.57. The Morgan fingerprint density at radius 3 is 2.81 bits per heavy atom. The summed E-state index contributed by atoms with van der Waals surface area (Å²) in [7, 11) is 0. The number of nitrogens with zero attached hydrogens (tertiary/aromatic N) is 2. The molecule has 0 amide bonds. The van der Waals surface area contributed by atoms with Crippen LogP contribution in [0, 0.1) is 6.92 Å². The minimum absolute atomic E-state index is 0. The summed E-state index contributed by atoms with van der Waals surface area (Å²) in [5, 5.41) is 10.3. The van der Waals surface area contributed by atoms with Gasteiger partial charge in [0.1, 0.15) is 12.0 Å². The topological polar surface area (TPSA) is 62.5 Å². The highest BCUT2D eigenvalue weighted by Gasteiger charge is 2.00. The third-order valence-corrected chi connectivity index (χ3v) is 2.77. The van der Waals surface area contributed by atoms with Gasteiger partial charge in [-0.1, -0.05) is 35.0 Å². The summed E-state index contributed by atoms with van der Waals surface area (Å²) in [4.78, 5) is 4.56. The fourth-order valence-electron chi connectivity index (χ4n) is 1.83. The minimum atomic E-state index is 0. The summed E-state index contributed by atoms with van der Waals surface area (Å²) < 4.78 is 4.80. The van der Waals surface area contributed by atoms with E-state index in [4.69, 9.17) is 4.52 Å². The first-order valence-corrected chi connectivity index (χ1v) is 6.75. The Labute approximate surface area is 142 Å². The molecule has 0 aliphatic heterocycles. The molecule has 2 aromatic rings. The number of halogens is 1. The van der Waals surface area contributed by atoms with Crippen molar-refractivity contribution in [1.82, 2.24) is 15.8 Å². The molecule has 0 fully saturated rings. The summed E-state index contributed by atoms with van der Waals surface area (Å²) in [6.45, 7) is 6.19. The van der Waals surface area contributed by atoms with Crippen LogP contribution in [0.25, 0.3) is 0 Å². The lowest BCUT2D eigenvalue weighted by atomic mass is 10.1. The van der Waals surface area contributed by atoms with Crippen molar-refractivity contribution in [2.24, 2.45) is 4.99 Å². The highest BCUT2D eigenvalue weighted by Crippen LogP contribution is 2.05. The van der Waals surface area contributed by atoms with Gasteiger partial charge in [-0.25, -0.2) is 4.99 Å². The zero-order valence-electron chi connectivity index (χ0n) is 12.3. The van der Waals surface area contributed by atoms with Gasteiger partial charge in [0.05, 0.1) is 13.1 Å². The van der Waals surface area contributed by atoms with Crippen molar-refractivity contribution in [3.8, 4) is 0 Å². The number of nitrogens with one attached hydrogen (secondary N) is 2. The van der Waals surface area contributed by atoms with Gasteiger partial charge in [0.25, 0.3) is 0 Å². The average molecular weight is 400 g/mol. The first-order valence-electron chi connectivity index (χ1n) is 6.75. The number of aromatic nitrogens is 1. The molecule has 0 aliphatic rings. The second-order valence-corrected chi connectivity index (χ2v) is 4.53. The van der Waals surface area contributed by atoms with E-state index in [1.54, 1.807) is 6.26 Å². The molecule has 114 valence electrons. The molecule has 0 atom stereocenters. The van der Waals surface area contributed by atoms with Gasteiger partial charge in [0, 0.05) is 12.6 Å². The molecule has 0 bridgehead atoms. The molecule has 5 nitrogen and oxygen atoms in total. The normalized spacial score (nSPS) is 10.9. The predicted molar refractivity (Wildman–Crippen MR) is 94.8 cm³/mol. The van der Waals surface area contributed by atoms with Crippen LogP contribution in [0.1, 0.15) is 23.7 Å². The smallest absolute Gasteiger partial charge is 0.191 e. The van der Waals surface area contributed by atoms with E-state index in [1.165, 1.54) is 11.1 Å². The van der Waals surface area contributed by atoms with Gasteiger partial charge in [-0.2, -0.15) is 0 Å². The third kappa shape index (κ3) is 6.16. The number of hydrogen-bond donors (Lipinski definition) is 2. The second kappa shape index (κ2) is 9.38. The van der Waals surface area contributed by atoms with Crippen LogP contribution in [0.2, 0.25) is 0 Å². The molecule has 2 rings (SSSR count).